The summed E-state index contributed by atoms with van der Waals surface area (Å²) in [6.45, 7) is 7.51. The number of hydrogen-bond donors (Lipinski definition) is 2. The summed E-state index contributed by atoms with van der Waals surface area (Å²) >= 11 is 0. The molecule has 0 saturated carbocycles. The molecule has 0 aromatic rings. The zero-order valence-electron chi connectivity index (χ0n) is 11.1. The molecule has 1 rings (SSSR count). The highest BCUT2D eigenvalue weighted by molar-refractivity contribution is 5.85. The first-order chi connectivity index (χ1) is 8.41. The maximum atomic E-state index is 10.6. The van der Waals surface area contributed by atoms with Crippen LogP contribution in [0.25, 0.3) is 0 Å². The molecule has 0 aromatic heterocycles. The van der Waals surface area contributed by atoms with Crippen LogP contribution < -0.4 is 0 Å². The van der Waals surface area contributed by atoms with E-state index in [1.54, 1.807) is 13.0 Å². The van der Waals surface area contributed by atoms with Crippen LogP contribution in [0.1, 0.15) is 39.5 Å². The molecular weight excluding hydrogens is 228 g/mol. The van der Waals surface area contributed by atoms with Crippen LogP contribution >= 0.6 is 0 Å². The summed E-state index contributed by atoms with van der Waals surface area (Å²) in [7, 11) is 0. The Labute approximate surface area is 109 Å². The van der Waals surface area contributed by atoms with Crippen LogP contribution in [0.3, 0.4) is 0 Å². The summed E-state index contributed by atoms with van der Waals surface area (Å²) in [6, 6.07) is 0. The molecule has 0 amide bonds. The lowest BCUT2D eigenvalue weighted by Crippen LogP contribution is -2.21. The maximum absolute atomic E-state index is 10.6. The van der Waals surface area contributed by atoms with Crippen molar-refractivity contribution in [3.8, 4) is 0 Å². The second kappa shape index (κ2) is 6.55. The fourth-order valence-electron chi connectivity index (χ4n) is 2.16. The molecule has 0 spiro atoms. The predicted octanol–water partition coefficient (Wildman–Crippen LogP) is 3.07. The quantitative estimate of drug-likeness (QED) is 0.582. The van der Waals surface area contributed by atoms with Crippen molar-refractivity contribution in [2.75, 3.05) is 0 Å². The molecule has 0 heterocycles. The molecule has 2 atom stereocenters. The van der Waals surface area contributed by atoms with Crippen molar-refractivity contribution in [1.82, 2.24) is 0 Å². The molecule has 0 fully saturated rings. The Morgan fingerprint density at radius 3 is 2.72 bits per heavy atom. The summed E-state index contributed by atoms with van der Waals surface area (Å²) < 4.78 is 0. The summed E-state index contributed by atoms with van der Waals surface area (Å²) in [6.07, 6.45) is 6.46. The molecular formula is C15H22O3. The Bertz CT molecular complexity index is 391. The highest BCUT2D eigenvalue weighted by Gasteiger charge is 2.22. The monoisotopic (exact) mass is 250 g/mol. The van der Waals surface area contributed by atoms with Crippen molar-refractivity contribution >= 4 is 5.97 Å². The molecule has 0 aliphatic heterocycles. The minimum absolute atomic E-state index is 0.362. The van der Waals surface area contributed by atoms with Crippen molar-refractivity contribution in [3.63, 3.8) is 0 Å². The van der Waals surface area contributed by atoms with Crippen molar-refractivity contribution in [1.29, 1.82) is 0 Å². The van der Waals surface area contributed by atoms with Gasteiger partial charge in [0, 0.05) is 5.57 Å². The van der Waals surface area contributed by atoms with Crippen LogP contribution in [-0.4, -0.2) is 22.3 Å². The smallest absolute Gasteiger partial charge is 0.330 e. The van der Waals surface area contributed by atoms with Gasteiger partial charge < -0.3 is 10.2 Å². The Morgan fingerprint density at radius 1 is 1.56 bits per heavy atom. The largest absolute Gasteiger partial charge is 0.478 e. The van der Waals surface area contributed by atoms with Gasteiger partial charge in [-0.3, -0.25) is 0 Å². The SMILES string of the molecule is C=C(C)[C@H]1CC=C(CC/C=C(\C)C(=O)O)[C@@H](O)C1. The highest BCUT2D eigenvalue weighted by atomic mass is 16.4. The van der Waals surface area contributed by atoms with E-state index in [1.165, 1.54) is 0 Å². The number of allylic oxidation sites excluding steroid dienone is 3. The first-order valence-corrected chi connectivity index (χ1v) is 6.34. The molecule has 2 N–H and O–H groups in total. The lowest BCUT2D eigenvalue weighted by Gasteiger charge is -2.26. The summed E-state index contributed by atoms with van der Waals surface area (Å²) in [5.41, 5.74) is 2.51. The number of hydrogen-bond acceptors (Lipinski definition) is 2. The van der Waals surface area contributed by atoms with Gasteiger partial charge in [-0.15, -0.1) is 0 Å². The van der Waals surface area contributed by atoms with Crippen molar-refractivity contribution in [3.05, 3.63) is 35.5 Å². The van der Waals surface area contributed by atoms with Crippen LogP contribution in [-0.2, 0) is 4.79 Å². The topological polar surface area (TPSA) is 57.5 Å². The minimum atomic E-state index is -0.879. The van der Waals surface area contributed by atoms with Gasteiger partial charge in [0.05, 0.1) is 6.10 Å². The fraction of sp³-hybridized carbons (Fsp3) is 0.533. The van der Waals surface area contributed by atoms with Gasteiger partial charge in [-0.1, -0.05) is 24.3 Å². The fourth-order valence-corrected chi connectivity index (χ4v) is 2.16. The third-order valence-electron chi connectivity index (χ3n) is 3.52. The van der Waals surface area contributed by atoms with Gasteiger partial charge in [0.2, 0.25) is 0 Å². The molecule has 3 nitrogen and oxygen atoms in total. The molecule has 0 saturated heterocycles. The van der Waals surface area contributed by atoms with E-state index in [9.17, 15) is 9.90 Å². The number of carboxylic acid groups (broad SMARTS) is 1. The van der Waals surface area contributed by atoms with E-state index in [0.717, 1.165) is 30.4 Å². The zero-order valence-corrected chi connectivity index (χ0v) is 11.1. The van der Waals surface area contributed by atoms with E-state index >= 15 is 0 Å². The Morgan fingerprint density at radius 2 is 2.22 bits per heavy atom. The third-order valence-corrected chi connectivity index (χ3v) is 3.52. The third kappa shape index (κ3) is 4.15. The number of aliphatic hydroxyl groups excluding tert-OH is 1. The van der Waals surface area contributed by atoms with Gasteiger partial charge in [-0.2, -0.15) is 0 Å². The van der Waals surface area contributed by atoms with Gasteiger partial charge in [0.25, 0.3) is 0 Å². The first-order valence-electron chi connectivity index (χ1n) is 6.34. The van der Waals surface area contributed by atoms with Crippen LogP contribution in [0.4, 0.5) is 0 Å². The predicted molar refractivity (Wildman–Crippen MR) is 72.3 cm³/mol. The number of aliphatic hydroxyl groups is 1. The van der Waals surface area contributed by atoms with Crippen LogP contribution in [0.5, 0.6) is 0 Å². The number of rotatable bonds is 5. The zero-order chi connectivity index (χ0) is 13.7. The lowest BCUT2D eigenvalue weighted by atomic mass is 9.82. The van der Waals surface area contributed by atoms with Gasteiger partial charge in [-0.05, 0) is 51.0 Å². The van der Waals surface area contributed by atoms with Crippen molar-refractivity contribution in [2.45, 2.75) is 45.6 Å². The molecule has 0 aromatic carbocycles. The Kier molecular flexibility index (Phi) is 5.35. The average Bonchev–Trinajstić information content (AvgIpc) is 2.30. The molecule has 0 radical (unpaired) electrons. The van der Waals surface area contributed by atoms with E-state index in [4.69, 9.17) is 5.11 Å². The lowest BCUT2D eigenvalue weighted by molar-refractivity contribution is -0.132. The van der Waals surface area contributed by atoms with E-state index in [0.29, 0.717) is 17.9 Å². The van der Waals surface area contributed by atoms with Crippen LogP contribution in [0.15, 0.2) is 35.5 Å². The van der Waals surface area contributed by atoms with E-state index in [2.05, 4.69) is 12.7 Å². The highest BCUT2D eigenvalue weighted by Crippen LogP contribution is 2.30. The Balaban J connectivity index is 2.51. The second-order valence-corrected chi connectivity index (χ2v) is 5.04. The average molecular weight is 250 g/mol. The molecule has 3 heteroatoms. The molecule has 0 bridgehead atoms. The number of carbonyl (C=O) groups is 1. The van der Waals surface area contributed by atoms with Crippen molar-refractivity contribution in [2.24, 2.45) is 5.92 Å². The van der Waals surface area contributed by atoms with E-state index in [1.807, 2.05) is 6.92 Å². The molecule has 0 unspecified atom stereocenters. The molecule has 1 aliphatic carbocycles. The number of carboxylic acids is 1. The summed E-state index contributed by atoms with van der Waals surface area (Å²) in [4.78, 5) is 10.6. The second-order valence-electron chi connectivity index (χ2n) is 5.04. The summed E-state index contributed by atoms with van der Waals surface area (Å²) in [5.74, 6) is -0.504. The Hall–Kier alpha value is -1.35. The standard InChI is InChI=1S/C15H22O3/c1-10(2)13-8-7-12(14(16)9-13)6-4-5-11(3)15(17)18/h5,7,13-14,16H,1,4,6,8-9H2,2-3H3,(H,17,18)/b11-5+/t13-,14-/m0/s1. The minimum Gasteiger partial charge on any atom is -0.478 e. The number of aliphatic carboxylic acids is 1. The molecule has 1 aliphatic rings. The van der Waals surface area contributed by atoms with Gasteiger partial charge in [-0.25, -0.2) is 4.79 Å². The maximum Gasteiger partial charge on any atom is 0.330 e. The van der Waals surface area contributed by atoms with E-state index < -0.39 is 12.1 Å². The first kappa shape index (κ1) is 14.7. The van der Waals surface area contributed by atoms with Gasteiger partial charge in [0.1, 0.15) is 0 Å². The summed E-state index contributed by atoms with van der Waals surface area (Å²) in [5, 5.41) is 18.7. The van der Waals surface area contributed by atoms with Crippen LogP contribution in [0, 0.1) is 5.92 Å². The molecule has 100 valence electrons. The normalized spacial score (nSPS) is 24.6. The van der Waals surface area contributed by atoms with Crippen molar-refractivity contribution < 1.29 is 15.0 Å². The van der Waals surface area contributed by atoms with E-state index in [-0.39, 0.29) is 0 Å². The van der Waals surface area contributed by atoms with Crippen LogP contribution in [0.2, 0.25) is 0 Å². The molecule has 18 heavy (non-hydrogen) atoms. The van der Waals surface area contributed by atoms with Gasteiger partial charge >= 0.3 is 5.97 Å². The van der Waals surface area contributed by atoms with Gasteiger partial charge in [0.15, 0.2) is 0 Å².